The minimum atomic E-state index is -2.77. The summed E-state index contributed by atoms with van der Waals surface area (Å²) in [6.45, 7) is 5.73. The first-order chi connectivity index (χ1) is 10.7. The molecule has 0 bridgehead atoms. The van der Waals surface area contributed by atoms with Crippen molar-refractivity contribution in [2.75, 3.05) is 0 Å². The van der Waals surface area contributed by atoms with Crippen LogP contribution in [0.1, 0.15) is 53.9 Å². The molecule has 3 rings (SSSR count). The van der Waals surface area contributed by atoms with Crippen LogP contribution in [0.25, 0.3) is 0 Å². The Hall–Kier alpha value is -1.78. The molecule has 1 spiro atoms. The van der Waals surface area contributed by atoms with Crippen LogP contribution in [0, 0.1) is 20.8 Å². The van der Waals surface area contributed by atoms with Crippen molar-refractivity contribution in [3.63, 3.8) is 0 Å². The third-order valence-corrected chi connectivity index (χ3v) is 5.23. The number of benzene rings is 1. The van der Waals surface area contributed by atoms with Gasteiger partial charge in [-0.25, -0.2) is 8.78 Å². The van der Waals surface area contributed by atoms with Gasteiger partial charge in [-0.15, -0.1) is 0 Å². The minimum absolute atomic E-state index is 0.0923. The Labute approximate surface area is 134 Å². The average Bonchev–Trinajstić information content (AvgIpc) is 2.70. The van der Waals surface area contributed by atoms with E-state index in [-0.39, 0.29) is 18.6 Å². The highest BCUT2D eigenvalue weighted by atomic mass is 19.3. The minimum Gasteiger partial charge on any atom is -0.450 e. The number of rotatable bonds is 1. The SMILES string of the molecule is Cc1cc(C)c(C2C(=O)OC3(CCC(F)(F)CC3)C2=O)cc1C. The van der Waals surface area contributed by atoms with E-state index in [2.05, 4.69) is 0 Å². The molecule has 2 aliphatic rings. The van der Waals surface area contributed by atoms with E-state index in [9.17, 15) is 18.4 Å². The molecular formula is C18H20F2O3. The van der Waals surface area contributed by atoms with Crippen molar-refractivity contribution >= 4 is 11.8 Å². The fourth-order valence-electron chi connectivity index (χ4n) is 3.60. The lowest BCUT2D eigenvalue weighted by atomic mass is 9.76. The van der Waals surface area contributed by atoms with Gasteiger partial charge in [0.15, 0.2) is 11.4 Å². The highest BCUT2D eigenvalue weighted by Crippen LogP contribution is 2.47. The van der Waals surface area contributed by atoms with E-state index >= 15 is 0 Å². The zero-order valence-electron chi connectivity index (χ0n) is 13.5. The molecule has 1 aliphatic carbocycles. The lowest BCUT2D eigenvalue weighted by molar-refractivity contribution is -0.163. The van der Waals surface area contributed by atoms with E-state index in [1.807, 2.05) is 32.9 Å². The summed E-state index contributed by atoms with van der Waals surface area (Å²) in [7, 11) is 0. The summed E-state index contributed by atoms with van der Waals surface area (Å²) in [5, 5.41) is 0. The van der Waals surface area contributed by atoms with Crippen LogP contribution in [0.5, 0.6) is 0 Å². The summed E-state index contributed by atoms with van der Waals surface area (Å²) < 4.78 is 32.2. The van der Waals surface area contributed by atoms with Gasteiger partial charge in [-0.3, -0.25) is 9.59 Å². The van der Waals surface area contributed by atoms with Crippen LogP contribution < -0.4 is 0 Å². The van der Waals surface area contributed by atoms with Gasteiger partial charge in [-0.05, 0) is 43.0 Å². The van der Waals surface area contributed by atoms with Crippen LogP contribution in [0.4, 0.5) is 8.78 Å². The Morgan fingerprint density at radius 2 is 1.52 bits per heavy atom. The van der Waals surface area contributed by atoms with Gasteiger partial charge in [0, 0.05) is 25.7 Å². The Morgan fingerprint density at radius 3 is 2.13 bits per heavy atom. The number of hydrogen-bond donors (Lipinski definition) is 0. The first-order valence-electron chi connectivity index (χ1n) is 7.88. The van der Waals surface area contributed by atoms with Crippen molar-refractivity contribution in [2.24, 2.45) is 0 Å². The van der Waals surface area contributed by atoms with Gasteiger partial charge < -0.3 is 4.74 Å². The Morgan fingerprint density at radius 1 is 0.957 bits per heavy atom. The molecule has 5 heteroatoms. The van der Waals surface area contributed by atoms with Gasteiger partial charge in [0.25, 0.3) is 0 Å². The fraction of sp³-hybridized carbons (Fsp3) is 0.556. The molecule has 23 heavy (non-hydrogen) atoms. The lowest BCUT2D eigenvalue weighted by Gasteiger charge is -2.34. The van der Waals surface area contributed by atoms with Gasteiger partial charge >= 0.3 is 5.97 Å². The molecule has 1 heterocycles. The molecule has 1 unspecified atom stereocenters. The number of Topliss-reactive ketones (excluding diaryl/α,β-unsaturated/α-hetero) is 1. The molecule has 2 fully saturated rings. The number of ketones is 1. The molecule has 1 aliphatic heterocycles. The second-order valence-electron chi connectivity index (χ2n) is 6.86. The van der Waals surface area contributed by atoms with Gasteiger partial charge in [0.05, 0.1) is 0 Å². The molecule has 1 saturated carbocycles. The average molecular weight is 322 g/mol. The predicted molar refractivity (Wildman–Crippen MR) is 80.6 cm³/mol. The summed E-state index contributed by atoms with van der Waals surface area (Å²) >= 11 is 0. The highest BCUT2D eigenvalue weighted by molar-refractivity contribution is 6.13. The third kappa shape index (κ3) is 2.56. The van der Waals surface area contributed by atoms with Crippen LogP contribution in [0.2, 0.25) is 0 Å². The maximum absolute atomic E-state index is 13.4. The maximum atomic E-state index is 13.4. The van der Waals surface area contributed by atoms with Crippen LogP contribution in [0.15, 0.2) is 12.1 Å². The van der Waals surface area contributed by atoms with E-state index in [0.29, 0.717) is 5.56 Å². The monoisotopic (exact) mass is 322 g/mol. The van der Waals surface area contributed by atoms with Crippen LogP contribution >= 0.6 is 0 Å². The smallest absolute Gasteiger partial charge is 0.322 e. The summed E-state index contributed by atoms with van der Waals surface area (Å²) in [6, 6.07) is 3.77. The molecule has 0 aromatic heterocycles. The number of carbonyl (C=O) groups excluding carboxylic acids is 2. The molecular weight excluding hydrogens is 302 g/mol. The van der Waals surface area contributed by atoms with E-state index < -0.39 is 36.3 Å². The van der Waals surface area contributed by atoms with Crippen molar-refractivity contribution in [2.45, 2.75) is 63.9 Å². The van der Waals surface area contributed by atoms with Crippen molar-refractivity contribution < 1.29 is 23.1 Å². The number of aryl methyl sites for hydroxylation is 3. The molecule has 1 aromatic carbocycles. The first-order valence-corrected chi connectivity index (χ1v) is 7.88. The zero-order chi connectivity index (χ0) is 17.0. The first kappa shape index (κ1) is 16.1. The number of carbonyl (C=O) groups is 2. The maximum Gasteiger partial charge on any atom is 0.322 e. The Bertz CT molecular complexity index is 684. The Kier molecular flexibility index (Phi) is 3.58. The quantitative estimate of drug-likeness (QED) is 0.584. The standard InChI is InChI=1S/C18H20F2O3/c1-10-8-12(3)13(9-11(10)2)14-15(21)17(23-16(14)22)4-6-18(19,20)7-5-17/h8-9,14H,4-7H2,1-3H3. The molecule has 1 saturated heterocycles. The van der Waals surface area contributed by atoms with Gasteiger partial charge in [0.1, 0.15) is 5.92 Å². The van der Waals surface area contributed by atoms with Gasteiger partial charge in [-0.1, -0.05) is 12.1 Å². The number of halogens is 2. The Balaban J connectivity index is 1.96. The van der Waals surface area contributed by atoms with Crippen molar-refractivity contribution in [1.82, 2.24) is 0 Å². The predicted octanol–water partition coefficient (Wildman–Crippen LogP) is 3.77. The van der Waals surface area contributed by atoms with Gasteiger partial charge in [-0.2, -0.15) is 0 Å². The molecule has 0 radical (unpaired) electrons. The van der Waals surface area contributed by atoms with Crippen LogP contribution in [-0.2, 0) is 14.3 Å². The lowest BCUT2D eigenvalue weighted by Crippen LogP contribution is -2.44. The number of esters is 1. The van der Waals surface area contributed by atoms with Crippen LogP contribution in [0.3, 0.4) is 0 Å². The topological polar surface area (TPSA) is 43.4 Å². The summed E-state index contributed by atoms with van der Waals surface area (Å²) in [6.07, 6.45) is -1.01. The molecule has 1 aromatic rings. The largest absolute Gasteiger partial charge is 0.450 e. The van der Waals surface area contributed by atoms with Gasteiger partial charge in [0.2, 0.25) is 5.92 Å². The third-order valence-electron chi connectivity index (χ3n) is 5.23. The van der Waals surface area contributed by atoms with E-state index in [0.717, 1.165) is 16.7 Å². The van der Waals surface area contributed by atoms with Crippen molar-refractivity contribution in [3.05, 3.63) is 34.4 Å². The molecule has 1 atom stereocenters. The zero-order valence-corrected chi connectivity index (χ0v) is 13.5. The molecule has 124 valence electrons. The van der Waals surface area contributed by atoms with Crippen LogP contribution in [-0.4, -0.2) is 23.3 Å². The summed E-state index contributed by atoms with van der Waals surface area (Å²) in [4.78, 5) is 25.2. The fourth-order valence-corrected chi connectivity index (χ4v) is 3.60. The summed E-state index contributed by atoms with van der Waals surface area (Å²) in [5.74, 6) is -4.72. The van der Waals surface area contributed by atoms with Crippen molar-refractivity contribution in [1.29, 1.82) is 0 Å². The van der Waals surface area contributed by atoms with E-state index in [1.165, 1.54) is 0 Å². The van der Waals surface area contributed by atoms with Crippen molar-refractivity contribution in [3.8, 4) is 0 Å². The van der Waals surface area contributed by atoms with E-state index in [1.54, 1.807) is 0 Å². The normalized spacial score (nSPS) is 25.7. The number of hydrogen-bond acceptors (Lipinski definition) is 3. The summed E-state index contributed by atoms with van der Waals surface area (Å²) in [5.41, 5.74) is 2.20. The molecule has 3 nitrogen and oxygen atoms in total. The highest BCUT2D eigenvalue weighted by Gasteiger charge is 2.59. The molecule has 0 amide bonds. The molecule has 0 N–H and O–H groups in total. The second-order valence-corrected chi connectivity index (χ2v) is 6.86. The number of ether oxygens (including phenoxy) is 1. The second kappa shape index (κ2) is 5.11. The van der Waals surface area contributed by atoms with E-state index in [4.69, 9.17) is 4.74 Å². The number of alkyl halides is 2.